The fourth-order valence-corrected chi connectivity index (χ4v) is 8.09. The van der Waals surface area contributed by atoms with Gasteiger partial charge in [-0.15, -0.1) is 0 Å². The van der Waals surface area contributed by atoms with E-state index in [9.17, 15) is 15.0 Å². The minimum absolute atomic E-state index is 0.0672. The van der Waals surface area contributed by atoms with Crippen LogP contribution in [0.25, 0.3) is 0 Å². The Morgan fingerprint density at radius 1 is 0.414 bits per heavy atom. The topological polar surface area (TPSA) is 69.6 Å². The second-order valence-corrected chi connectivity index (χ2v) is 17.9. The lowest BCUT2D eigenvalue weighted by atomic mass is 10.0. The molecule has 3 N–H and O–H groups in total. The normalized spacial score (nSPS) is 13.1. The first-order valence-corrected chi connectivity index (χ1v) is 26.2. The molecule has 2 atom stereocenters. The number of aliphatic hydroxyl groups is 2. The highest BCUT2D eigenvalue weighted by atomic mass is 16.3. The summed E-state index contributed by atoms with van der Waals surface area (Å²) in [6, 6.07) is -0.615. The van der Waals surface area contributed by atoms with Crippen LogP contribution in [-0.4, -0.2) is 34.9 Å². The molecule has 1 amide bonds. The molecule has 0 aliphatic heterocycles. The van der Waals surface area contributed by atoms with E-state index >= 15 is 0 Å². The van der Waals surface area contributed by atoms with Gasteiger partial charge < -0.3 is 15.5 Å². The minimum Gasteiger partial charge on any atom is -0.394 e. The van der Waals surface area contributed by atoms with E-state index in [1.54, 1.807) is 6.08 Å². The van der Waals surface area contributed by atoms with Crippen LogP contribution in [0, 0.1) is 0 Å². The summed E-state index contributed by atoms with van der Waals surface area (Å²) in [5, 5.41) is 22.7. The van der Waals surface area contributed by atoms with Crippen molar-refractivity contribution in [3.63, 3.8) is 0 Å². The zero-order valence-corrected chi connectivity index (χ0v) is 39.3. The summed E-state index contributed by atoms with van der Waals surface area (Å²) >= 11 is 0. The van der Waals surface area contributed by atoms with Gasteiger partial charge >= 0.3 is 0 Å². The van der Waals surface area contributed by atoms with Crippen LogP contribution in [-0.2, 0) is 4.79 Å². The average Bonchev–Trinajstić information content (AvgIpc) is 3.23. The first-order chi connectivity index (χ1) is 28.7. The molecule has 0 heterocycles. The van der Waals surface area contributed by atoms with Crippen molar-refractivity contribution >= 4 is 5.91 Å². The Morgan fingerprint density at radius 3 is 1.07 bits per heavy atom. The first kappa shape index (κ1) is 56.6. The van der Waals surface area contributed by atoms with Crippen molar-refractivity contribution in [2.45, 2.75) is 296 Å². The molecule has 0 aliphatic carbocycles. The van der Waals surface area contributed by atoms with Gasteiger partial charge in [-0.2, -0.15) is 0 Å². The van der Waals surface area contributed by atoms with Crippen LogP contribution in [0.3, 0.4) is 0 Å². The smallest absolute Gasteiger partial charge is 0.220 e. The first-order valence-electron chi connectivity index (χ1n) is 26.2. The molecule has 0 radical (unpaired) electrons. The number of hydrogen-bond acceptors (Lipinski definition) is 3. The molecular weight excluding hydrogens is 711 g/mol. The van der Waals surface area contributed by atoms with Crippen molar-refractivity contribution in [1.29, 1.82) is 0 Å². The number of allylic oxidation sites excluding steroid dienone is 5. The van der Waals surface area contributed by atoms with Gasteiger partial charge in [-0.05, 0) is 51.4 Å². The Kier molecular flexibility index (Phi) is 48.8. The highest BCUT2D eigenvalue weighted by Gasteiger charge is 2.18. The van der Waals surface area contributed by atoms with E-state index < -0.39 is 12.1 Å². The van der Waals surface area contributed by atoms with Gasteiger partial charge in [0.2, 0.25) is 5.91 Å². The standard InChI is InChI=1S/C54H103NO3/c1-3-5-7-9-10-11-12-13-14-15-16-17-18-19-20-21-22-23-24-25-26-27-28-29-30-31-32-33-34-35-36-37-38-39-40-41-42-43-44-46-48-50-54(58)55-52(51-56)53(57)49-47-45-8-6-4-2/h12-13,15-16,47,49,52-53,56-57H,3-11,14,17-46,48,50-51H2,1-2H3,(H,55,58)/b13-12-,16-15-,49-47+. The summed E-state index contributed by atoms with van der Waals surface area (Å²) < 4.78 is 0. The molecule has 0 rings (SSSR count). The largest absolute Gasteiger partial charge is 0.394 e. The van der Waals surface area contributed by atoms with E-state index in [4.69, 9.17) is 0 Å². The minimum atomic E-state index is -0.832. The monoisotopic (exact) mass is 814 g/mol. The molecule has 0 fully saturated rings. The molecular formula is C54H103NO3. The molecule has 58 heavy (non-hydrogen) atoms. The third-order valence-corrected chi connectivity index (χ3v) is 12.1. The van der Waals surface area contributed by atoms with E-state index in [1.165, 1.54) is 231 Å². The van der Waals surface area contributed by atoms with E-state index in [-0.39, 0.29) is 12.5 Å². The Balaban J connectivity index is 3.28. The number of nitrogens with one attached hydrogen (secondary N) is 1. The highest BCUT2D eigenvalue weighted by molar-refractivity contribution is 5.76. The zero-order chi connectivity index (χ0) is 42.1. The van der Waals surface area contributed by atoms with Gasteiger partial charge in [0.15, 0.2) is 0 Å². The summed E-state index contributed by atoms with van der Waals surface area (Å²) in [6.45, 7) is 4.21. The summed E-state index contributed by atoms with van der Waals surface area (Å²) in [6.07, 6.45) is 67.9. The lowest BCUT2D eigenvalue weighted by Gasteiger charge is -2.20. The number of carbonyl (C=O) groups is 1. The second kappa shape index (κ2) is 50.0. The molecule has 342 valence electrons. The van der Waals surface area contributed by atoms with Crippen LogP contribution < -0.4 is 5.32 Å². The average molecular weight is 814 g/mol. The molecule has 2 unspecified atom stereocenters. The Bertz CT molecular complexity index is 882. The molecule has 0 aliphatic rings. The van der Waals surface area contributed by atoms with Gasteiger partial charge in [0.1, 0.15) is 0 Å². The third-order valence-electron chi connectivity index (χ3n) is 12.1. The number of unbranched alkanes of at least 4 members (excludes halogenated alkanes) is 37. The van der Waals surface area contributed by atoms with E-state index in [1.807, 2.05) is 6.08 Å². The van der Waals surface area contributed by atoms with Crippen molar-refractivity contribution in [3.05, 3.63) is 36.5 Å². The van der Waals surface area contributed by atoms with Gasteiger partial charge in [-0.3, -0.25) is 4.79 Å². The molecule has 0 saturated heterocycles. The maximum absolute atomic E-state index is 12.3. The van der Waals surface area contributed by atoms with Gasteiger partial charge in [-0.25, -0.2) is 0 Å². The molecule has 4 nitrogen and oxygen atoms in total. The van der Waals surface area contributed by atoms with Crippen LogP contribution in [0.2, 0.25) is 0 Å². The quantitative estimate of drug-likeness (QED) is 0.0423. The van der Waals surface area contributed by atoms with E-state index in [2.05, 4.69) is 43.5 Å². The number of amides is 1. The Morgan fingerprint density at radius 2 is 0.707 bits per heavy atom. The van der Waals surface area contributed by atoms with E-state index in [0.29, 0.717) is 6.42 Å². The van der Waals surface area contributed by atoms with Crippen molar-refractivity contribution in [1.82, 2.24) is 5.32 Å². The molecule has 0 aromatic carbocycles. The van der Waals surface area contributed by atoms with Crippen LogP contribution in [0.5, 0.6) is 0 Å². The van der Waals surface area contributed by atoms with Crippen LogP contribution in [0.4, 0.5) is 0 Å². The maximum Gasteiger partial charge on any atom is 0.220 e. The Hall–Kier alpha value is -1.39. The fraction of sp³-hybridized carbons (Fsp3) is 0.870. The molecule has 0 spiro atoms. The van der Waals surface area contributed by atoms with Crippen molar-refractivity contribution in [2.24, 2.45) is 0 Å². The van der Waals surface area contributed by atoms with Crippen molar-refractivity contribution in [2.75, 3.05) is 6.61 Å². The predicted molar refractivity (Wildman–Crippen MR) is 258 cm³/mol. The van der Waals surface area contributed by atoms with Gasteiger partial charge in [-0.1, -0.05) is 262 Å². The second-order valence-electron chi connectivity index (χ2n) is 17.9. The lowest BCUT2D eigenvalue weighted by Crippen LogP contribution is -2.45. The summed E-state index contributed by atoms with van der Waals surface area (Å²) in [5.74, 6) is -0.0672. The summed E-state index contributed by atoms with van der Waals surface area (Å²) in [5.41, 5.74) is 0. The van der Waals surface area contributed by atoms with Crippen LogP contribution in [0.15, 0.2) is 36.5 Å². The number of aliphatic hydroxyl groups excluding tert-OH is 2. The summed E-state index contributed by atoms with van der Waals surface area (Å²) in [4.78, 5) is 12.3. The van der Waals surface area contributed by atoms with Crippen LogP contribution >= 0.6 is 0 Å². The highest BCUT2D eigenvalue weighted by Crippen LogP contribution is 2.17. The zero-order valence-electron chi connectivity index (χ0n) is 39.3. The van der Waals surface area contributed by atoms with Gasteiger partial charge in [0.05, 0.1) is 18.8 Å². The SMILES string of the molecule is CCCCC/C=C/C(O)C(CO)NC(=O)CCCCCCCCCCCCCCCCCCCCCCCCCCCCCCC/C=C\C/C=C\CCCCCCC. The Labute approximate surface area is 363 Å². The van der Waals surface area contributed by atoms with Gasteiger partial charge in [0.25, 0.3) is 0 Å². The number of rotatable bonds is 48. The van der Waals surface area contributed by atoms with Crippen LogP contribution in [0.1, 0.15) is 284 Å². The van der Waals surface area contributed by atoms with Gasteiger partial charge in [0, 0.05) is 6.42 Å². The third kappa shape index (κ3) is 45.7. The summed E-state index contributed by atoms with van der Waals surface area (Å²) in [7, 11) is 0. The van der Waals surface area contributed by atoms with Crippen molar-refractivity contribution < 1.29 is 15.0 Å². The fourth-order valence-electron chi connectivity index (χ4n) is 8.09. The maximum atomic E-state index is 12.3. The predicted octanol–water partition coefficient (Wildman–Crippen LogP) is 16.9. The molecule has 0 aromatic rings. The van der Waals surface area contributed by atoms with E-state index in [0.717, 1.165) is 32.1 Å². The molecule has 0 bridgehead atoms. The number of carbonyl (C=O) groups excluding carboxylic acids is 1. The number of hydrogen-bond donors (Lipinski definition) is 3. The molecule has 4 heteroatoms. The lowest BCUT2D eigenvalue weighted by molar-refractivity contribution is -0.123. The van der Waals surface area contributed by atoms with Crippen molar-refractivity contribution in [3.8, 4) is 0 Å². The molecule has 0 aromatic heterocycles. The molecule has 0 saturated carbocycles.